The van der Waals surface area contributed by atoms with Crippen molar-refractivity contribution < 1.29 is 13.9 Å². The molecule has 0 aromatic heterocycles. The molecule has 3 rings (SSSR count). The highest BCUT2D eigenvalue weighted by Crippen LogP contribution is 2.35. The fourth-order valence-electron chi connectivity index (χ4n) is 2.65. The third-order valence-electron chi connectivity index (χ3n) is 4.41. The zero-order valence-corrected chi connectivity index (χ0v) is 18.9. The summed E-state index contributed by atoms with van der Waals surface area (Å²) < 4.78 is 19.8. The quantitative estimate of drug-likeness (QED) is 0.453. The molecule has 2 aromatic rings. The molecule has 7 heteroatoms. The van der Waals surface area contributed by atoms with Crippen LogP contribution in [0.4, 0.5) is 10.1 Å². The number of nitrogens with zero attached hydrogens (tertiary/aromatic N) is 2. The van der Waals surface area contributed by atoms with E-state index in [9.17, 15) is 9.18 Å². The van der Waals surface area contributed by atoms with E-state index in [4.69, 9.17) is 4.74 Å². The van der Waals surface area contributed by atoms with Gasteiger partial charge in [0.15, 0.2) is 5.17 Å². The van der Waals surface area contributed by atoms with Crippen molar-refractivity contribution in [1.29, 1.82) is 0 Å². The van der Waals surface area contributed by atoms with E-state index in [0.717, 1.165) is 22.2 Å². The van der Waals surface area contributed by atoms with Crippen molar-refractivity contribution in [2.24, 2.45) is 4.99 Å². The average molecular weight is 477 g/mol. The molecule has 1 aliphatic rings. The Kier molecular flexibility index (Phi) is 7.14. The van der Waals surface area contributed by atoms with Crippen molar-refractivity contribution in [3.8, 4) is 5.75 Å². The van der Waals surface area contributed by atoms with Gasteiger partial charge in [-0.05, 0) is 96.0 Å². The van der Waals surface area contributed by atoms with Gasteiger partial charge in [-0.1, -0.05) is 13.0 Å². The number of amidine groups is 1. The number of carbonyl (C=O) groups is 1. The van der Waals surface area contributed by atoms with Crippen molar-refractivity contribution in [3.63, 3.8) is 0 Å². The van der Waals surface area contributed by atoms with E-state index in [-0.39, 0.29) is 17.8 Å². The number of hydrogen-bond acceptors (Lipinski definition) is 4. The van der Waals surface area contributed by atoms with Crippen LogP contribution in [0.15, 0.2) is 56.8 Å². The number of likely N-dealkylation sites (N-methyl/N-ethyl adjacent to an activating group) is 1. The second-order valence-electron chi connectivity index (χ2n) is 6.56. The summed E-state index contributed by atoms with van der Waals surface area (Å²) in [6.07, 6.45) is 2.90. The molecule has 0 unspecified atom stereocenters. The first-order chi connectivity index (χ1) is 13.9. The van der Waals surface area contributed by atoms with Gasteiger partial charge in [-0.2, -0.15) is 0 Å². The van der Waals surface area contributed by atoms with E-state index in [1.165, 1.54) is 23.9 Å². The summed E-state index contributed by atoms with van der Waals surface area (Å²) in [6.45, 7) is 6.51. The van der Waals surface area contributed by atoms with Crippen molar-refractivity contribution in [1.82, 2.24) is 4.90 Å². The fraction of sp³-hybridized carbons (Fsp3) is 0.273. The molecule has 0 spiro atoms. The minimum atomic E-state index is -0.316. The number of amides is 1. The van der Waals surface area contributed by atoms with Gasteiger partial charge in [0.1, 0.15) is 11.6 Å². The molecule has 0 N–H and O–H groups in total. The molecule has 0 bridgehead atoms. The third-order valence-corrected chi connectivity index (χ3v) is 6.04. The summed E-state index contributed by atoms with van der Waals surface area (Å²) in [5, 5.41) is 0.589. The molecule has 29 heavy (non-hydrogen) atoms. The van der Waals surface area contributed by atoms with Crippen LogP contribution in [0, 0.1) is 5.82 Å². The van der Waals surface area contributed by atoms with Crippen molar-refractivity contribution >= 4 is 50.5 Å². The minimum absolute atomic E-state index is 0.0885. The molecule has 152 valence electrons. The van der Waals surface area contributed by atoms with E-state index < -0.39 is 0 Å². The topological polar surface area (TPSA) is 41.9 Å². The first-order valence-electron chi connectivity index (χ1n) is 9.43. The maximum Gasteiger partial charge on any atom is 0.266 e. The Balaban J connectivity index is 1.85. The van der Waals surface area contributed by atoms with Gasteiger partial charge in [0, 0.05) is 6.54 Å². The van der Waals surface area contributed by atoms with Gasteiger partial charge >= 0.3 is 0 Å². The van der Waals surface area contributed by atoms with Crippen molar-refractivity contribution in [2.45, 2.75) is 33.3 Å². The molecular weight excluding hydrogens is 455 g/mol. The number of benzene rings is 2. The first kappa shape index (κ1) is 21.6. The Morgan fingerprint density at radius 2 is 1.97 bits per heavy atom. The van der Waals surface area contributed by atoms with Crippen LogP contribution in [-0.4, -0.2) is 28.6 Å². The summed E-state index contributed by atoms with van der Waals surface area (Å²) in [7, 11) is 0. The van der Waals surface area contributed by atoms with Gasteiger partial charge in [0.2, 0.25) is 0 Å². The Morgan fingerprint density at radius 3 is 2.59 bits per heavy atom. The Bertz CT molecular complexity index is 960. The van der Waals surface area contributed by atoms with Gasteiger partial charge < -0.3 is 4.74 Å². The smallest absolute Gasteiger partial charge is 0.266 e. The highest BCUT2D eigenvalue weighted by Gasteiger charge is 2.32. The maximum atomic E-state index is 13.1. The minimum Gasteiger partial charge on any atom is -0.490 e. The van der Waals surface area contributed by atoms with Gasteiger partial charge in [-0.15, -0.1) is 0 Å². The lowest BCUT2D eigenvalue weighted by Gasteiger charge is -2.14. The molecule has 1 amide bonds. The number of halogens is 2. The highest BCUT2D eigenvalue weighted by atomic mass is 79.9. The predicted octanol–water partition coefficient (Wildman–Crippen LogP) is 6.39. The lowest BCUT2D eigenvalue weighted by molar-refractivity contribution is -0.122. The molecule has 1 atom stereocenters. The van der Waals surface area contributed by atoms with Crippen LogP contribution in [0.1, 0.15) is 32.8 Å². The standard InChI is InChI=1S/C22H22BrFN2O2S/c1-4-14(3)28-19-11-6-15(12-18(19)23)13-20-21(27)26(5-2)22(29-20)25-17-9-7-16(24)8-10-17/h6-14H,4-5H2,1-3H3/b20-13+,25-22?/t14-/m1/s1. The number of aliphatic imine (C=N–C) groups is 1. The summed E-state index contributed by atoms with van der Waals surface area (Å²) in [5.74, 6) is 0.374. The summed E-state index contributed by atoms with van der Waals surface area (Å²) >= 11 is 4.86. The van der Waals surface area contributed by atoms with Gasteiger partial charge in [0.05, 0.1) is 21.2 Å². The van der Waals surface area contributed by atoms with E-state index in [1.807, 2.05) is 38.1 Å². The number of ether oxygens (including phenoxy) is 1. The Morgan fingerprint density at radius 1 is 1.24 bits per heavy atom. The Labute approximate surface area is 183 Å². The third kappa shape index (κ3) is 5.28. The second kappa shape index (κ2) is 9.59. The monoisotopic (exact) mass is 476 g/mol. The molecule has 4 nitrogen and oxygen atoms in total. The summed E-state index contributed by atoms with van der Waals surface area (Å²) in [5.41, 5.74) is 1.50. The van der Waals surface area contributed by atoms with Crippen LogP contribution in [0.2, 0.25) is 0 Å². The number of hydrogen-bond donors (Lipinski definition) is 0. The van der Waals surface area contributed by atoms with Crippen LogP contribution in [0.25, 0.3) is 6.08 Å². The largest absolute Gasteiger partial charge is 0.490 e. The SMILES string of the molecule is CC[C@@H](C)Oc1ccc(/C=C2/SC(=Nc3ccc(F)cc3)N(CC)C2=O)cc1Br. The van der Waals surface area contributed by atoms with E-state index in [0.29, 0.717) is 22.3 Å². The molecule has 1 saturated heterocycles. The van der Waals surface area contributed by atoms with Gasteiger partial charge in [0.25, 0.3) is 5.91 Å². The van der Waals surface area contributed by atoms with Crippen LogP contribution in [-0.2, 0) is 4.79 Å². The summed E-state index contributed by atoms with van der Waals surface area (Å²) in [4.78, 5) is 19.5. The zero-order valence-electron chi connectivity index (χ0n) is 16.5. The molecule has 0 radical (unpaired) electrons. The van der Waals surface area contributed by atoms with Gasteiger partial charge in [-0.3, -0.25) is 9.69 Å². The number of thioether (sulfide) groups is 1. The molecule has 1 heterocycles. The summed E-state index contributed by atoms with van der Waals surface area (Å²) in [6, 6.07) is 11.7. The predicted molar refractivity (Wildman–Crippen MR) is 121 cm³/mol. The number of rotatable bonds is 6. The second-order valence-corrected chi connectivity index (χ2v) is 8.42. The first-order valence-corrected chi connectivity index (χ1v) is 11.0. The Hall–Kier alpha value is -2.12. The number of carbonyl (C=O) groups excluding carboxylic acids is 1. The van der Waals surface area contributed by atoms with E-state index in [1.54, 1.807) is 17.0 Å². The normalized spacial score (nSPS) is 18.0. The van der Waals surface area contributed by atoms with E-state index >= 15 is 0 Å². The lowest BCUT2D eigenvalue weighted by Crippen LogP contribution is -2.28. The molecule has 0 saturated carbocycles. The maximum absolute atomic E-state index is 13.1. The van der Waals surface area contributed by atoms with Gasteiger partial charge in [-0.25, -0.2) is 9.38 Å². The molecule has 2 aromatic carbocycles. The average Bonchev–Trinajstić information content (AvgIpc) is 2.99. The highest BCUT2D eigenvalue weighted by molar-refractivity contribution is 9.10. The zero-order chi connectivity index (χ0) is 21.0. The van der Waals surface area contributed by atoms with Crippen LogP contribution in [0.3, 0.4) is 0 Å². The van der Waals surface area contributed by atoms with Crippen molar-refractivity contribution in [3.05, 3.63) is 63.2 Å². The van der Waals surface area contributed by atoms with Crippen molar-refractivity contribution in [2.75, 3.05) is 6.54 Å². The van der Waals surface area contributed by atoms with E-state index in [2.05, 4.69) is 27.8 Å². The van der Waals surface area contributed by atoms with Crippen LogP contribution < -0.4 is 4.74 Å². The van der Waals surface area contributed by atoms with Crippen LogP contribution in [0.5, 0.6) is 5.75 Å². The lowest BCUT2D eigenvalue weighted by atomic mass is 10.2. The molecule has 1 fully saturated rings. The molecule has 1 aliphatic heterocycles. The molecule has 0 aliphatic carbocycles. The van der Waals surface area contributed by atoms with Crippen LogP contribution >= 0.6 is 27.7 Å². The molecular formula is C22H22BrFN2O2S. The fourth-order valence-corrected chi connectivity index (χ4v) is 4.20.